The largest absolute Gasteiger partial charge is 0.308 e. The predicted molar refractivity (Wildman–Crippen MR) is 255 cm³/mol. The number of fused-ring (bicyclic) bond motifs is 6. The number of aromatic nitrogens is 6. The molecule has 290 valence electrons. The highest BCUT2D eigenvalue weighted by Gasteiger charge is 2.22. The lowest BCUT2D eigenvalue weighted by Crippen LogP contribution is -2.04. The van der Waals surface area contributed by atoms with E-state index >= 15 is 0 Å². The van der Waals surface area contributed by atoms with Gasteiger partial charge in [0.2, 0.25) is 0 Å². The second kappa shape index (κ2) is 14.9. The molecule has 4 heterocycles. The van der Waals surface area contributed by atoms with Gasteiger partial charge in [-0.15, -0.1) is 11.3 Å². The van der Waals surface area contributed by atoms with Crippen LogP contribution in [0.2, 0.25) is 0 Å². The molecule has 6 nitrogen and oxygen atoms in total. The summed E-state index contributed by atoms with van der Waals surface area (Å²) >= 11 is 1.84. The molecular weight excluding hydrogens is 777 g/mol. The first-order valence-electron chi connectivity index (χ1n) is 20.6. The molecule has 4 aromatic heterocycles. The average molecular weight is 811 g/mol. The third-order valence-electron chi connectivity index (χ3n) is 11.5. The summed E-state index contributed by atoms with van der Waals surface area (Å²) in [6.07, 6.45) is 0. The van der Waals surface area contributed by atoms with Gasteiger partial charge in [-0.2, -0.15) is 0 Å². The van der Waals surface area contributed by atoms with Gasteiger partial charge in [0.05, 0.1) is 28.1 Å². The second-order valence-electron chi connectivity index (χ2n) is 15.3. The first kappa shape index (κ1) is 35.8. The quantitative estimate of drug-likeness (QED) is 0.160. The van der Waals surface area contributed by atoms with Gasteiger partial charge in [-0.3, -0.25) is 0 Å². The summed E-state index contributed by atoms with van der Waals surface area (Å²) in [5, 5.41) is 4.85. The summed E-state index contributed by atoms with van der Waals surface area (Å²) in [5.41, 5.74) is 10.3. The van der Waals surface area contributed by atoms with Crippen molar-refractivity contribution in [3.05, 3.63) is 206 Å². The number of benzene rings is 8. The molecule has 0 atom stereocenters. The van der Waals surface area contributed by atoms with E-state index < -0.39 is 0 Å². The van der Waals surface area contributed by atoms with E-state index in [0.717, 1.165) is 61.5 Å². The Balaban J connectivity index is 1.17. The molecule has 62 heavy (non-hydrogen) atoms. The van der Waals surface area contributed by atoms with Crippen LogP contribution < -0.4 is 0 Å². The Bertz CT molecular complexity index is 3510. The molecular formula is C55H34N6S. The molecule has 0 amide bonds. The van der Waals surface area contributed by atoms with Crippen molar-refractivity contribution in [3.63, 3.8) is 0 Å². The molecule has 0 unspecified atom stereocenters. The molecule has 0 saturated carbocycles. The van der Waals surface area contributed by atoms with E-state index in [2.05, 4.69) is 114 Å². The molecule has 0 fully saturated rings. The Morgan fingerprint density at radius 2 is 0.823 bits per heavy atom. The number of para-hydroxylation sites is 1. The summed E-state index contributed by atoms with van der Waals surface area (Å²) in [6.45, 7) is 0. The van der Waals surface area contributed by atoms with Gasteiger partial charge in [-0.25, -0.2) is 24.9 Å². The van der Waals surface area contributed by atoms with Crippen molar-refractivity contribution < 1.29 is 0 Å². The summed E-state index contributed by atoms with van der Waals surface area (Å²) in [7, 11) is 0. The van der Waals surface area contributed by atoms with Crippen LogP contribution in [0.4, 0.5) is 0 Å². The number of hydrogen-bond acceptors (Lipinski definition) is 6. The molecule has 0 saturated heterocycles. The molecule has 0 aliphatic heterocycles. The Labute approximate surface area is 361 Å². The molecule has 12 aromatic rings. The van der Waals surface area contributed by atoms with Gasteiger partial charge in [0.25, 0.3) is 0 Å². The number of rotatable bonds is 7. The standard InChI is InChI=1S/C55H34N6S/c1-5-17-35(18-6-1)45-34-46(36-19-7-2-8-20-36)57-54(56-45)39-29-30-48(44(31-39)55-59-52(37-21-9-3-10-22-37)58-53(60-55)38-23-11-4-12-24-38)61-47-27-15-13-25-40(47)42-33-51-43(32-49(42)61)41-26-14-16-28-50(41)62-51/h1-34H. The summed E-state index contributed by atoms with van der Waals surface area (Å²) in [6, 6.07) is 71.4. The molecule has 12 rings (SSSR count). The first-order chi connectivity index (χ1) is 30.7. The maximum absolute atomic E-state index is 5.30. The van der Waals surface area contributed by atoms with Crippen molar-refractivity contribution in [3.8, 4) is 73.8 Å². The van der Waals surface area contributed by atoms with E-state index in [4.69, 9.17) is 24.9 Å². The van der Waals surface area contributed by atoms with Gasteiger partial charge in [-0.05, 0) is 48.5 Å². The van der Waals surface area contributed by atoms with Crippen molar-refractivity contribution in [2.45, 2.75) is 0 Å². The maximum Gasteiger partial charge on any atom is 0.166 e. The highest BCUT2D eigenvalue weighted by Crippen LogP contribution is 2.43. The molecule has 0 N–H and O–H groups in total. The monoisotopic (exact) mass is 810 g/mol. The van der Waals surface area contributed by atoms with E-state index in [1.54, 1.807) is 0 Å². The Kier molecular flexibility index (Phi) is 8.57. The van der Waals surface area contributed by atoms with E-state index in [1.807, 2.05) is 108 Å². The van der Waals surface area contributed by atoms with Crippen molar-refractivity contribution in [2.75, 3.05) is 0 Å². The first-order valence-corrected chi connectivity index (χ1v) is 21.4. The fraction of sp³-hybridized carbons (Fsp3) is 0. The molecule has 8 aromatic carbocycles. The van der Waals surface area contributed by atoms with Crippen LogP contribution in [0.15, 0.2) is 206 Å². The third-order valence-corrected chi connectivity index (χ3v) is 12.6. The van der Waals surface area contributed by atoms with Crippen molar-refractivity contribution in [1.82, 2.24) is 29.5 Å². The third kappa shape index (κ3) is 6.22. The van der Waals surface area contributed by atoms with Crippen molar-refractivity contribution >= 4 is 53.3 Å². The van der Waals surface area contributed by atoms with Gasteiger partial charge in [0, 0.05) is 64.3 Å². The Morgan fingerprint density at radius 3 is 1.45 bits per heavy atom. The summed E-state index contributed by atoms with van der Waals surface area (Å²) in [4.78, 5) is 26.2. The van der Waals surface area contributed by atoms with Gasteiger partial charge in [-0.1, -0.05) is 158 Å². The number of nitrogens with zero attached hydrogens (tertiary/aromatic N) is 6. The fourth-order valence-electron chi connectivity index (χ4n) is 8.51. The zero-order valence-corrected chi connectivity index (χ0v) is 34.0. The highest BCUT2D eigenvalue weighted by atomic mass is 32.1. The Morgan fingerprint density at radius 1 is 0.306 bits per heavy atom. The zero-order chi connectivity index (χ0) is 41.0. The predicted octanol–water partition coefficient (Wildman–Crippen LogP) is 14.1. The fourth-order valence-corrected chi connectivity index (χ4v) is 9.64. The normalized spacial score (nSPS) is 11.5. The van der Waals surface area contributed by atoms with Gasteiger partial charge in [0.1, 0.15) is 0 Å². The van der Waals surface area contributed by atoms with Gasteiger partial charge < -0.3 is 4.57 Å². The van der Waals surface area contributed by atoms with E-state index in [1.165, 1.54) is 30.9 Å². The van der Waals surface area contributed by atoms with Crippen LogP contribution in [0.5, 0.6) is 0 Å². The summed E-state index contributed by atoms with van der Waals surface area (Å²) < 4.78 is 4.91. The van der Waals surface area contributed by atoms with Crippen LogP contribution in [0.1, 0.15) is 0 Å². The van der Waals surface area contributed by atoms with Crippen LogP contribution in [-0.4, -0.2) is 29.5 Å². The van der Waals surface area contributed by atoms with Gasteiger partial charge >= 0.3 is 0 Å². The van der Waals surface area contributed by atoms with Crippen LogP contribution in [0, 0.1) is 0 Å². The lowest BCUT2D eigenvalue weighted by atomic mass is 10.0. The molecule has 0 bridgehead atoms. The molecule has 0 aliphatic rings. The smallest absolute Gasteiger partial charge is 0.166 e. The minimum atomic E-state index is 0.546. The molecule has 0 aliphatic carbocycles. The SMILES string of the molecule is c1ccc(-c2cc(-c3ccccc3)nc(-c3ccc(-n4c5ccccc5c5cc6sc7ccccc7c6cc54)c(-c4nc(-c5ccccc5)nc(-c5ccccc5)n4)c3)n2)cc1. The minimum absolute atomic E-state index is 0.546. The molecule has 0 radical (unpaired) electrons. The van der Waals surface area contributed by atoms with Gasteiger partial charge in [0.15, 0.2) is 23.3 Å². The van der Waals surface area contributed by atoms with Crippen LogP contribution in [0.3, 0.4) is 0 Å². The summed E-state index contributed by atoms with van der Waals surface area (Å²) in [5.74, 6) is 2.33. The van der Waals surface area contributed by atoms with E-state index in [9.17, 15) is 0 Å². The lowest BCUT2D eigenvalue weighted by molar-refractivity contribution is 1.06. The van der Waals surface area contributed by atoms with Crippen molar-refractivity contribution in [1.29, 1.82) is 0 Å². The highest BCUT2D eigenvalue weighted by molar-refractivity contribution is 7.25. The minimum Gasteiger partial charge on any atom is -0.308 e. The molecule has 7 heteroatoms. The van der Waals surface area contributed by atoms with E-state index in [-0.39, 0.29) is 0 Å². The Hall–Kier alpha value is -8.13. The number of hydrogen-bond donors (Lipinski definition) is 0. The topological polar surface area (TPSA) is 69.4 Å². The van der Waals surface area contributed by atoms with Crippen molar-refractivity contribution in [2.24, 2.45) is 0 Å². The zero-order valence-electron chi connectivity index (χ0n) is 33.2. The van der Waals surface area contributed by atoms with E-state index in [0.29, 0.717) is 23.3 Å². The van der Waals surface area contributed by atoms with Crippen LogP contribution >= 0.6 is 11.3 Å². The lowest BCUT2D eigenvalue weighted by Gasteiger charge is -2.16. The van der Waals surface area contributed by atoms with Crippen LogP contribution in [0.25, 0.3) is 116 Å². The average Bonchev–Trinajstić information content (AvgIpc) is 3.88. The van der Waals surface area contributed by atoms with Crippen LogP contribution in [-0.2, 0) is 0 Å². The second-order valence-corrected chi connectivity index (χ2v) is 16.4. The molecule has 0 spiro atoms. The maximum atomic E-state index is 5.30. The number of thiophene rings is 1.